The highest BCUT2D eigenvalue weighted by molar-refractivity contribution is 7.80. The summed E-state index contributed by atoms with van der Waals surface area (Å²) in [6, 6.07) is 13.9. The molecule has 2 rings (SSSR count). The maximum Gasteiger partial charge on any atom is 0.171 e. The number of aryl methyl sites for hydroxylation is 2. The van der Waals surface area contributed by atoms with E-state index in [0.29, 0.717) is 11.7 Å². The zero-order valence-corrected chi connectivity index (χ0v) is 15.4. The molecule has 0 fully saturated rings. The van der Waals surface area contributed by atoms with E-state index in [0.717, 1.165) is 22.7 Å². The maximum atomic E-state index is 5.76. The van der Waals surface area contributed by atoms with Gasteiger partial charge in [0.2, 0.25) is 0 Å². The van der Waals surface area contributed by atoms with Crippen LogP contribution in [0, 0.1) is 13.8 Å². The Morgan fingerprint density at radius 2 is 1.75 bits per heavy atom. The molecule has 0 saturated heterocycles. The number of hydrogen-bond donors (Lipinski definition) is 2. The van der Waals surface area contributed by atoms with Crippen molar-refractivity contribution in [1.82, 2.24) is 5.32 Å². The van der Waals surface area contributed by atoms with Crippen LogP contribution in [0.4, 0.5) is 5.69 Å². The summed E-state index contributed by atoms with van der Waals surface area (Å²) in [5.74, 6) is 1.62. The molecular formula is C19H24N2O2S. The first-order valence-electron chi connectivity index (χ1n) is 7.89. The Bertz CT molecular complexity index is 686. The average Bonchev–Trinajstić information content (AvgIpc) is 2.56. The van der Waals surface area contributed by atoms with Crippen LogP contribution in [0.2, 0.25) is 0 Å². The molecule has 24 heavy (non-hydrogen) atoms. The molecule has 2 aromatic rings. The number of thiocarbonyl (C=S) groups is 1. The van der Waals surface area contributed by atoms with E-state index in [-0.39, 0.29) is 6.04 Å². The van der Waals surface area contributed by atoms with E-state index in [2.05, 4.69) is 42.7 Å². The summed E-state index contributed by atoms with van der Waals surface area (Å²) in [6.07, 6.45) is 0. The average molecular weight is 344 g/mol. The van der Waals surface area contributed by atoms with Crippen molar-refractivity contribution in [1.29, 1.82) is 0 Å². The Morgan fingerprint density at radius 3 is 2.42 bits per heavy atom. The third-order valence-electron chi connectivity index (χ3n) is 3.58. The molecule has 0 amide bonds. The maximum absolute atomic E-state index is 5.76. The van der Waals surface area contributed by atoms with Crippen LogP contribution in [-0.2, 0) is 0 Å². The van der Waals surface area contributed by atoms with E-state index >= 15 is 0 Å². The van der Waals surface area contributed by atoms with Crippen LogP contribution in [0.25, 0.3) is 0 Å². The molecule has 0 aromatic heterocycles. The first kappa shape index (κ1) is 18.1. The van der Waals surface area contributed by atoms with Crippen LogP contribution >= 0.6 is 12.2 Å². The lowest BCUT2D eigenvalue weighted by Gasteiger charge is -2.18. The number of methoxy groups -OCH3 is 1. The molecule has 0 spiro atoms. The summed E-state index contributed by atoms with van der Waals surface area (Å²) in [4.78, 5) is 0. The molecular weight excluding hydrogens is 320 g/mol. The van der Waals surface area contributed by atoms with Gasteiger partial charge in [0.1, 0.15) is 18.1 Å². The van der Waals surface area contributed by atoms with Gasteiger partial charge < -0.3 is 20.1 Å². The number of anilines is 1. The Kier molecular flexibility index (Phi) is 6.44. The molecule has 5 heteroatoms. The van der Waals surface area contributed by atoms with E-state index in [9.17, 15) is 0 Å². The predicted molar refractivity (Wildman–Crippen MR) is 103 cm³/mol. The fourth-order valence-electron chi connectivity index (χ4n) is 2.19. The van der Waals surface area contributed by atoms with Crippen molar-refractivity contribution in [2.45, 2.75) is 26.8 Å². The topological polar surface area (TPSA) is 42.5 Å². The number of nitrogens with one attached hydrogen (secondary N) is 2. The van der Waals surface area contributed by atoms with Gasteiger partial charge in [-0.05, 0) is 74.4 Å². The van der Waals surface area contributed by atoms with Gasteiger partial charge in [-0.3, -0.25) is 0 Å². The molecule has 2 aromatic carbocycles. The largest absolute Gasteiger partial charge is 0.497 e. The van der Waals surface area contributed by atoms with E-state index in [1.54, 1.807) is 7.11 Å². The third-order valence-corrected chi connectivity index (χ3v) is 3.80. The number of benzene rings is 2. The number of ether oxygens (including phenoxy) is 2. The SMILES string of the molecule is COc1ccc(OC[C@H](C)NC(=S)Nc2cc(C)ccc2C)cc1. The highest BCUT2D eigenvalue weighted by Gasteiger charge is 2.07. The first-order valence-corrected chi connectivity index (χ1v) is 8.30. The third kappa shape index (κ3) is 5.42. The molecule has 0 unspecified atom stereocenters. The van der Waals surface area contributed by atoms with Gasteiger partial charge in [-0.2, -0.15) is 0 Å². The summed E-state index contributed by atoms with van der Waals surface area (Å²) >= 11 is 5.38. The van der Waals surface area contributed by atoms with Gasteiger partial charge in [0.15, 0.2) is 5.11 Å². The quantitative estimate of drug-likeness (QED) is 0.774. The van der Waals surface area contributed by atoms with Crippen LogP contribution in [0.5, 0.6) is 11.5 Å². The van der Waals surface area contributed by atoms with Gasteiger partial charge in [-0.1, -0.05) is 12.1 Å². The lowest BCUT2D eigenvalue weighted by molar-refractivity contribution is 0.286. The van der Waals surface area contributed by atoms with Gasteiger partial charge in [0.05, 0.1) is 13.2 Å². The van der Waals surface area contributed by atoms with Crippen molar-refractivity contribution in [3.05, 3.63) is 53.6 Å². The summed E-state index contributed by atoms with van der Waals surface area (Å²) in [5.41, 5.74) is 3.38. The van der Waals surface area contributed by atoms with E-state index < -0.39 is 0 Å². The summed E-state index contributed by atoms with van der Waals surface area (Å²) < 4.78 is 10.9. The van der Waals surface area contributed by atoms with E-state index in [4.69, 9.17) is 21.7 Å². The lowest BCUT2D eigenvalue weighted by Crippen LogP contribution is -2.39. The molecule has 1 atom stereocenters. The van der Waals surface area contributed by atoms with Gasteiger partial charge in [0, 0.05) is 5.69 Å². The number of rotatable bonds is 6. The normalized spacial score (nSPS) is 11.5. The van der Waals surface area contributed by atoms with Crippen molar-refractivity contribution in [3.63, 3.8) is 0 Å². The van der Waals surface area contributed by atoms with Crippen LogP contribution in [0.3, 0.4) is 0 Å². The predicted octanol–water partition coefficient (Wildman–Crippen LogP) is 4.07. The Labute approximate surface area is 149 Å². The van der Waals surface area contributed by atoms with Crippen LogP contribution in [0.15, 0.2) is 42.5 Å². The summed E-state index contributed by atoms with van der Waals surface area (Å²) in [6.45, 7) is 6.66. The van der Waals surface area contributed by atoms with Crippen molar-refractivity contribution < 1.29 is 9.47 Å². The highest BCUT2D eigenvalue weighted by Crippen LogP contribution is 2.18. The highest BCUT2D eigenvalue weighted by atomic mass is 32.1. The van der Waals surface area contributed by atoms with Gasteiger partial charge in [-0.15, -0.1) is 0 Å². The standard InChI is InChI=1S/C19H24N2O2S/c1-13-5-6-14(2)18(11-13)21-19(24)20-15(3)12-23-17-9-7-16(22-4)8-10-17/h5-11,15H,12H2,1-4H3,(H2,20,21,24)/t15-/m0/s1. The molecule has 0 saturated carbocycles. The minimum absolute atomic E-state index is 0.0808. The second-order valence-corrected chi connectivity index (χ2v) is 6.21. The molecule has 0 aliphatic heterocycles. The summed E-state index contributed by atoms with van der Waals surface area (Å²) in [7, 11) is 1.64. The first-order chi connectivity index (χ1) is 11.5. The van der Waals surface area contributed by atoms with Crippen LogP contribution in [-0.4, -0.2) is 24.9 Å². The van der Waals surface area contributed by atoms with Crippen LogP contribution < -0.4 is 20.1 Å². The lowest BCUT2D eigenvalue weighted by atomic mass is 10.1. The van der Waals surface area contributed by atoms with Crippen molar-refractivity contribution in [2.24, 2.45) is 0 Å². The molecule has 128 valence electrons. The molecule has 4 nitrogen and oxygen atoms in total. The Balaban J connectivity index is 1.81. The second kappa shape index (κ2) is 8.55. The fraction of sp³-hybridized carbons (Fsp3) is 0.316. The second-order valence-electron chi connectivity index (χ2n) is 5.80. The fourth-order valence-corrected chi connectivity index (χ4v) is 2.50. The zero-order chi connectivity index (χ0) is 17.5. The molecule has 0 radical (unpaired) electrons. The molecule has 2 N–H and O–H groups in total. The van der Waals surface area contributed by atoms with Crippen molar-refractivity contribution in [2.75, 3.05) is 19.0 Å². The van der Waals surface area contributed by atoms with Crippen LogP contribution in [0.1, 0.15) is 18.1 Å². The van der Waals surface area contributed by atoms with Gasteiger partial charge in [-0.25, -0.2) is 0 Å². The smallest absolute Gasteiger partial charge is 0.171 e. The van der Waals surface area contributed by atoms with Crippen molar-refractivity contribution in [3.8, 4) is 11.5 Å². The van der Waals surface area contributed by atoms with E-state index in [1.807, 2.05) is 31.2 Å². The Morgan fingerprint density at radius 1 is 1.08 bits per heavy atom. The van der Waals surface area contributed by atoms with Gasteiger partial charge in [0.25, 0.3) is 0 Å². The van der Waals surface area contributed by atoms with E-state index in [1.165, 1.54) is 5.56 Å². The van der Waals surface area contributed by atoms with Crippen molar-refractivity contribution >= 4 is 23.0 Å². The molecule has 0 heterocycles. The minimum Gasteiger partial charge on any atom is -0.497 e. The molecule has 0 aliphatic rings. The molecule has 0 aliphatic carbocycles. The summed E-state index contributed by atoms with van der Waals surface area (Å²) in [5, 5.41) is 7.07. The monoisotopic (exact) mass is 344 g/mol. The Hall–Kier alpha value is -2.27. The minimum atomic E-state index is 0.0808. The molecule has 0 bridgehead atoms. The number of hydrogen-bond acceptors (Lipinski definition) is 3. The van der Waals surface area contributed by atoms with Gasteiger partial charge >= 0.3 is 0 Å². The zero-order valence-electron chi connectivity index (χ0n) is 14.6.